The van der Waals surface area contributed by atoms with Gasteiger partial charge >= 0.3 is 0 Å². The molecule has 1 aromatic rings. The fraction of sp³-hybridized carbons (Fsp3) is 0.100. The third kappa shape index (κ3) is 2.31. The third-order valence-corrected chi connectivity index (χ3v) is 1.43. The van der Waals surface area contributed by atoms with E-state index in [-0.39, 0.29) is 5.56 Å². The number of halogens is 1. The summed E-state index contributed by atoms with van der Waals surface area (Å²) in [5, 5.41) is 8.50. The van der Waals surface area contributed by atoms with Gasteiger partial charge in [-0.2, -0.15) is 5.26 Å². The molecule has 1 rings (SSSR count). The monoisotopic (exact) mass is 177 g/mol. The SMILES string of the molecule is C=CCOc1ccc(F)c(C#N)c1. The van der Waals surface area contributed by atoms with Gasteiger partial charge in [0.2, 0.25) is 0 Å². The van der Waals surface area contributed by atoms with Crippen LogP contribution in [0.4, 0.5) is 4.39 Å². The van der Waals surface area contributed by atoms with Gasteiger partial charge in [0.25, 0.3) is 0 Å². The molecule has 0 radical (unpaired) electrons. The normalized spacial score (nSPS) is 8.92. The van der Waals surface area contributed by atoms with Crippen LogP contribution in [0, 0.1) is 17.1 Å². The standard InChI is InChI=1S/C10H8FNO/c1-2-5-13-9-3-4-10(11)8(6-9)7-12/h2-4,6H,1,5H2. The molecule has 0 aliphatic carbocycles. The Hall–Kier alpha value is -1.82. The third-order valence-electron chi connectivity index (χ3n) is 1.43. The highest BCUT2D eigenvalue weighted by Gasteiger charge is 2.02. The first-order valence-electron chi connectivity index (χ1n) is 3.71. The molecule has 0 atom stereocenters. The van der Waals surface area contributed by atoms with Crippen LogP contribution < -0.4 is 4.74 Å². The summed E-state index contributed by atoms with van der Waals surface area (Å²) in [6.45, 7) is 3.82. The Labute approximate surface area is 75.9 Å². The van der Waals surface area contributed by atoms with E-state index in [9.17, 15) is 4.39 Å². The maximum absolute atomic E-state index is 12.8. The molecule has 0 spiro atoms. The van der Waals surface area contributed by atoms with Crippen LogP contribution in [0.5, 0.6) is 5.75 Å². The summed E-state index contributed by atoms with van der Waals surface area (Å²) in [5.41, 5.74) is -0.0124. The first-order valence-corrected chi connectivity index (χ1v) is 3.71. The predicted octanol–water partition coefficient (Wildman–Crippen LogP) is 2.26. The summed E-state index contributed by atoms with van der Waals surface area (Å²) >= 11 is 0. The second-order valence-corrected chi connectivity index (χ2v) is 2.35. The van der Waals surface area contributed by atoms with Crippen molar-refractivity contribution in [1.29, 1.82) is 5.26 Å². The number of hydrogen-bond donors (Lipinski definition) is 0. The minimum absolute atomic E-state index is 0.0124. The summed E-state index contributed by atoms with van der Waals surface area (Å²) in [7, 11) is 0. The average Bonchev–Trinajstić information content (AvgIpc) is 2.16. The lowest BCUT2D eigenvalue weighted by molar-refractivity contribution is 0.362. The molecule has 0 unspecified atom stereocenters. The molecule has 0 N–H and O–H groups in total. The van der Waals surface area contributed by atoms with Gasteiger partial charge in [-0.05, 0) is 12.1 Å². The van der Waals surface area contributed by atoms with Crippen LogP contribution in [-0.4, -0.2) is 6.61 Å². The van der Waals surface area contributed by atoms with Crippen molar-refractivity contribution in [3.05, 3.63) is 42.2 Å². The molecule has 0 aliphatic heterocycles. The van der Waals surface area contributed by atoms with E-state index in [2.05, 4.69) is 6.58 Å². The minimum Gasteiger partial charge on any atom is -0.490 e. The Morgan fingerprint density at radius 2 is 2.38 bits per heavy atom. The summed E-state index contributed by atoms with van der Waals surface area (Å²) in [4.78, 5) is 0. The first kappa shape index (κ1) is 9.27. The average molecular weight is 177 g/mol. The van der Waals surface area contributed by atoms with Gasteiger partial charge in [0.1, 0.15) is 24.2 Å². The number of benzene rings is 1. The summed E-state index contributed by atoms with van der Waals surface area (Å²) in [5.74, 6) is -0.0636. The van der Waals surface area contributed by atoms with Gasteiger partial charge in [0.05, 0.1) is 5.56 Å². The Bertz CT molecular complexity index is 354. The summed E-state index contributed by atoms with van der Waals surface area (Å²) in [6, 6.07) is 5.77. The Balaban J connectivity index is 2.87. The maximum atomic E-state index is 12.8. The second-order valence-electron chi connectivity index (χ2n) is 2.35. The first-order chi connectivity index (χ1) is 6.27. The highest BCUT2D eigenvalue weighted by atomic mass is 19.1. The van der Waals surface area contributed by atoms with Gasteiger partial charge in [0.15, 0.2) is 0 Å². The van der Waals surface area contributed by atoms with Gasteiger partial charge < -0.3 is 4.74 Å². The van der Waals surface area contributed by atoms with Crippen molar-refractivity contribution in [3.63, 3.8) is 0 Å². The van der Waals surface area contributed by atoms with Gasteiger partial charge in [-0.15, -0.1) is 0 Å². The fourth-order valence-corrected chi connectivity index (χ4v) is 0.835. The van der Waals surface area contributed by atoms with Crippen molar-refractivity contribution in [3.8, 4) is 11.8 Å². The topological polar surface area (TPSA) is 33.0 Å². The van der Waals surface area contributed by atoms with Crippen molar-refractivity contribution in [2.75, 3.05) is 6.61 Å². The molecule has 13 heavy (non-hydrogen) atoms. The van der Waals surface area contributed by atoms with Gasteiger partial charge in [-0.3, -0.25) is 0 Å². The van der Waals surface area contributed by atoms with Crippen LogP contribution >= 0.6 is 0 Å². The molecule has 0 heterocycles. The molecule has 0 fully saturated rings. The Kier molecular flexibility index (Phi) is 3.04. The van der Waals surface area contributed by atoms with E-state index >= 15 is 0 Å². The number of ether oxygens (including phenoxy) is 1. The minimum atomic E-state index is -0.534. The van der Waals surface area contributed by atoms with E-state index in [4.69, 9.17) is 10.00 Å². The number of rotatable bonds is 3. The molecular formula is C10H8FNO. The van der Waals surface area contributed by atoms with Crippen molar-refractivity contribution >= 4 is 0 Å². The molecule has 66 valence electrons. The molecule has 0 aliphatic rings. The van der Waals surface area contributed by atoms with Crippen LogP contribution in [0.15, 0.2) is 30.9 Å². The zero-order valence-corrected chi connectivity index (χ0v) is 6.96. The summed E-state index contributed by atoms with van der Waals surface area (Å²) in [6.07, 6.45) is 1.58. The van der Waals surface area contributed by atoms with E-state index in [0.29, 0.717) is 12.4 Å². The largest absolute Gasteiger partial charge is 0.490 e. The Morgan fingerprint density at radius 3 is 3.00 bits per heavy atom. The molecule has 2 nitrogen and oxygen atoms in total. The molecule has 0 aromatic heterocycles. The molecular weight excluding hydrogens is 169 g/mol. The van der Waals surface area contributed by atoms with Crippen molar-refractivity contribution < 1.29 is 9.13 Å². The lowest BCUT2D eigenvalue weighted by Gasteiger charge is -2.02. The summed E-state index contributed by atoms with van der Waals surface area (Å²) < 4.78 is 17.9. The smallest absolute Gasteiger partial charge is 0.141 e. The number of nitriles is 1. The number of nitrogens with zero attached hydrogens (tertiary/aromatic N) is 1. The highest BCUT2D eigenvalue weighted by molar-refractivity contribution is 5.37. The zero-order chi connectivity index (χ0) is 9.68. The van der Waals surface area contributed by atoms with E-state index in [1.54, 1.807) is 12.1 Å². The van der Waals surface area contributed by atoms with Gasteiger partial charge in [-0.25, -0.2) is 4.39 Å². The molecule has 0 bridgehead atoms. The van der Waals surface area contributed by atoms with E-state index < -0.39 is 5.82 Å². The van der Waals surface area contributed by atoms with Crippen LogP contribution in [0.25, 0.3) is 0 Å². The number of hydrogen-bond acceptors (Lipinski definition) is 2. The van der Waals surface area contributed by atoms with Gasteiger partial charge in [0, 0.05) is 6.07 Å². The predicted molar refractivity (Wildman–Crippen MR) is 46.8 cm³/mol. The van der Waals surface area contributed by atoms with Crippen LogP contribution in [0.1, 0.15) is 5.56 Å². The van der Waals surface area contributed by atoms with E-state index in [0.717, 1.165) is 0 Å². The van der Waals surface area contributed by atoms with Crippen molar-refractivity contribution in [1.82, 2.24) is 0 Å². The van der Waals surface area contributed by atoms with Crippen molar-refractivity contribution in [2.24, 2.45) is 0 Å². The maximum Gasteiger partial charge on any atom is 0.141 e. The van der Waals surface area contributed by atoms with E-state index in [1.165, 1.54) is 18.2 Å². The molecule has 0 saturated heterocycles. The van der Waals surface area contributed by atoms with E-state index in [1.807, 2.05) is 0 Å². The van der Waals surface area contributed by atoms with Crippen LogP contribution in [0.2, 0.25) is 0 Å². The Morgan fingerprint density at radius 1 is 1.62 bits per heavy atom. The quantitative estimate of drug-likeness (QED) is 0.663. The molecule has 0 amide bonds. The molecule has 3 heteroatoms. The molecule has 1 aromatic carbocycles. The van der Waals surface area contributed by atoms with Crippen LogP contribution in [-0.2, 0) is 0 Å². The lowest BCUT2D eigenvalue weighted by Crippen LogP contribution is -1.94. The second kappa shape index (κ2) is 4.27. The molecule has 0 saturated carbocycles. The lowest BCUT2D eigenvalue weighted by atomic mass is 10.2. The highest BCUT2D eigenvalue weighted by Crippen LogP contribution is 2.15. The van der Waals surface area contributed by atoms with Crippen molar-refractivity contribution in [2.45, 2.75) is 0 Å². The fourth-order valence-electron chi connectivity index (χ4n) is 0.835. The zero-order valence-electron chi connectivity index (χ0n) is 6.96. The van der Waals surface area contributed by atoms with Gasteiger partial charge in [-0.1, -0.05) is 12.7 Å². The van der Waals surface area contributed by atoms with Crippen LogP contribution in [0.3, 0.4) is 0 Å².